The molecule has 1 aromatic carbocycles. The predicted octanol–water partition coefficient (Wildman–Crippen LogP) is 1.19. The Morgan fingerprint density at radius 2 is 2.21 bits per heavy atom. The number of aryl methyl sites for hydroxylation is 1. The van der Waals surface area contributed by atoms with Gasteiger partial charge in [0.2, 0.25) is 6.39 Å². The molecule has 0 unspecified atom stereocenters. The molecule has 0 aliphatic heterocycles. The van der Waals surface area contributed by atoms with E-state index < -0.39 is 5.76 Å². The highest BCUT2D eigenvalue weighted by Gasteiger charge is 2.02. The molecule has 0 N–H and O–H groups in total. The molecule has 0 saturated heterocycles. The van der Waals surface area contributed by atoms with Gasteiger partial charge in [0.1, 0.15) is 0 Å². The maximum Gasteiger partial charge on any atom is 0.437 e. The van der Waals surface area contributed by atoms with Crippen molar-refractivity contribution in [1.29, 1.82) is 0 Å². The SMILES string of the molecule is Cc1ccccc1Cn1ncoc1=O. The van der Waals surface area contributed by atoms with Gasteiger partial charge in [-0.3, -0.25) is 0 Å². The first-order valence-corrected chi connectivity index (χ1v) is 4.32. The first-order valence-electron chi connectivity index (χ1n) is 4.32. The third-order valence-electron chi connectivity index (χ3n) is 2.13. The summed E-state index contributed by atoms with van der Waals surface area (Å²) in [5, 5.41) is 3.79. The van der Waals surface area contributed by atoms with Crippen LogP contribution in [0.1, 0.15) is 11.1 Å². The van der Waals surface area contributed by atoms with E-state index in [0.29, 0.717) is 6.54 Å². The van der Waals surface area contributed by atoms with Gasteiger partial charge in [0.05, 0.1) is 6.54 Å². The highest BCUT2D eigenvalue weighted by Crippen LogP contribution is 2.07. The molecule has 0 aliphatic carbocycles. The molecule has 0 fully saturated rings. The van der Waals surface area contributed by atoms with Crippen LogP contribution >= 0.6 is 0 Å². The predicted molar refractivity (Wildman–Crippen MR) is 51.0 cm³/mol. The molecule has 0 radical (unpaired) electrons. The molecule has 0 bridgehead atoms. The van der Waals surface area contributed by atoms with Gasteiger partial charge in [-0.2, -0.15) is 4.68 Å². The van der Waals surface area contributed by atoms with Gasteiger partial charge < -0.3 is 4.42 Å². The van der Waals surface area contributed by atoms with Gasteiger partial charge in [-0.25, -0.2) is 4.79 Å². The summed E-state index contributed by atoms with van der Waals surface area (Å²) in [6, 6.07) is 7.87. The maximum absolute atomic E-state index is 11.1. The third kappa shape index (κ3) is 1.59. The Kier molecular flexibility index (Phi) is 2.18. The fourth-order valence-electron chi connectivity index (χ4n) is 1.29. The topological polar surface area (TPSA) is 48.0 Å². The second-order valence-electron chi connectivity index (χ2n) is 3.09. The van der Waals surface area contributed by atoms with Gasteiger partial charge in [0.25, 0.3) is 0 Å². The lowest BCUT2D eigenvalue weighted by Crippen LogP contribution is -2.17. The van der Waals surface area contributed by atoms with Crippen molar-refractivity contribution < 1.29 is 4.42 Å². The average Bonchev–Trinajstić information content (AvgIpc) is 2.56. The van der Waals surface area contributed by atoms with E-state index >= 15 is 0 Å². The monoisotopic (exact) mass is 190 g/mol. The van der Waals surface area contributed by atoms with Crippen LogP contribution in [-0.4, -0.2) is 9.78 Å². The Morgan fingerprint density at radius 1 is 1.43 bits per heavy atom. The molecule has 4 nitrogen and oxygen atoms in total. The molecule has 0 amide bonds. The molecular weight excluding hydrogens is 180 g/mol. The smallest absolute Gasteiger partial charge is 0.395 e. The lowest BCUT2D eigenvalue weighted by molar-refractivity contribution is 0.486. The summed E-state index contributed by atoms with van der Waals surface area (Å²) in [6.45, 7) is 2.46. The number of nitrogens with zero attached hydrogens (tertiary/aromatic N) is 2. The quantitative estimate of drug-likeness (QED) is 0.714. The number of rotatable bonds is 2. The van der Waals surface area contributed by atoms with E-state index in [-0.39, 0.29) is 0 Å². The third-order valence-corrected chi connectivity index (χ3v) is 2.13. The van der Waals surface area contributed by atoms with Crippen molar-refractivity contribution in [3.05, 3.63) is 52.3 Å². The zero-order chi connectivity index (χ0) is 9.97. The summed E-state index contributed by atoms with van der Waals surface area (Å²) in [4.78, 5) is 11.1. The van der Waals surface area contributed by atoms with Gasteiger partial charge in [-0.05, 0) is 18.1 Å². The van der Waals surface area contributed by atoms with Crippen LogP contribution in [-0.2, 0) is 6.54 Å². The van der Waals surface area contributed by atoms with Gasteiger partial charge >= 0.3 is 5.76 Å². The molecule has 0 atom stereocenters. The summed E-state index contributed by atoms with van der Waals surface area (Å²) in [7, 11) is 0. The molecule has 0 aliphatic rings. The Morgan fingerprint density at radius 3 is 2.86 bits per heavy atom. The summed E-state index contributed by atoms with van der Waals surface area (Å²) in [5.41, 5.74) is 2.21. The van der Waals surface area contributed by atoms with Crippen LogP contribution in [0.15, 0.2) is 39.9 Å². The first kappa shape index (κ1) is 8.74. The van der Waals surface area contributed by atoms with Crippen molar-refractivity contribution in [2.75, 3.05) is 0 Å². The molecule has 4 heteroatoms. The summed E-state index contributed by atoms with van der Waals surface area (Å²) < 4.78 is 5.87. The molecule has 72 valence electrons. The zero-order valence-electron chi connectivity index (χ0n) is 7.80. The fraction of sp³-hybridized carbons (Fsp3) is 0.200. The number of hydrogen-bond donors (Lipinski definition) is 0. The Balaban J connectivity index is 2.32. The highest BCUT2D eigenvalue weighted by molar-refractivity contribution is 5.25. The van der Waals surface area contributed by atoms with Crippen LogP contribution in [0.25, 0.3) is 0 Å². The van der Waals surface area contributed by atoms with Crippen molar-refractivity contribution in [1.82, 2.24) is 9.78 Å². The van der Waals surface area contributed by atoms with Gasteiger partial charge in [0.15, 0.2) is 0 Å². The lowest BCUT2D eigenvalue weighted by atomic mass is 10.1. The lowest BCUT2D eigenvalue weighted by Gasteiger charge is -2.02. The van der Waals surface area contributed by atoms with E-state index in [9.17, 15) is 4.79 Å². The normalized spacial score (nSPS) is 10.4. The summed E-state index contributed by atoms with van der Waals surface area (Å²) in [6.07, 6.45) is 1.15. The summed E-state index contributed by atoms with van der Waals surface area (Å²) in [5.74, 6) is -0.423. The van der Waals surface area contributed by atoms with E-state index in [1.165, 1.54) is 4.68 Å². The van der Waals surface area contributed by atoms with E-state index in [2.05, 4.69) is 9.52 Å². The average molecular weight is 190 g/mol. The largest absolute Gasteiger partial charge is 0.437 e. The number of hydrogen-bond acceptors (Lipinski definition) is 3. The second-order valence-corrected chi connectivity index (χ2v) is 3.09. The van der Waals surface area contributed by atoms with Gasteiger partial charge in [0, 0.05) is 0 Å². The van der Waals surface area contributed by atoms with E-state index in [4.69, 9.17) is 0 Å². The first-order chi connectivity index (χ1) is 6.77. The van der Waals surface area contributed by atoms with Crippen molar-refractivity contribution in [2.24, 2.45) is 0 Å². The van der Waals surface area contributed by atoms with Crippen LogP contribution < -0.4 is 5.76 Å². The van der Waals surface area contributed by atoms with Crippen LogP contribution in [0.2, 0.25) is 0 Å². The minimum absolute atomic E-state index is 0.423. The van der Waals surface area contributed by atoms with Crippen molar-refractivity contribution in [3.8, 4) is 0 Å². The van der Waals surface area contributed by atoms with E-state index in [0.717, 1.165) is 17.5 Å². The van der Waals surface area contributed by atoms with Crippen LogP contribution in [0.5, 0.6) is 0 Å². The Labute approximate surface area is 80.8 Å². The molecule has 1 aromatic heterocycles. The molecule has 2 aromatic rings. The zero-order valence-corrected chi connectivity index (χ0v) is 7.80. The molecule has 1 heterocycles. The van der Waals surface area contributed by atoms with Gasteiger partial charge in [-0.15, -0.1) is 5.10 Å². The van der Waals surface area contributed by atoms with E-state index in [1.807, 2.05) is 31.2 Å². The van der Waals surface area contributed by atoms with Crippen molar-refractivity contribution in [2.45, 2.75) is 13.5 Å². The molecular formula is C10H10N2O2. The van der Waals surface area contributed by atoms with Crippen LogP contribution in [0.4, 0.5) is 0 Å². The molecule has 0 spiro atoms. The standard InChI is InChI=1S/C10H10N2O2/c1-8-4-2-3-5-9(8)6-12-10(13)14-7-11-12/h2-5,7H,6H2,1H3. The molecule has 0 saturated carbocycles. The number of aromatic nitrogens is 2. The Bertz CT molecular complexity index is 485. The Hall–Kier alpha value is -1.84. The molecule has 2 rings (SSSR count). The van der Waals surface area contributed by atoms with Crippen LogP contribution in [0.3, 0.4) is 0 Å². The molecule has 14 heavy (non-hydrogen) atoms. The fourth-order valence-corrected chi connectivity index (χ4v) is 1.29. The highest BCUT2D eigenvalue weighted by atomic mass is 16.4. The van der Waals surface area contributed by atoms with Crippen molar-refractivity contribution >= 4 is 0 Å². The van der Waals surface area contributed by atoms with Crippen LogP contribution in [0, 0.1) is 6.92 Å². The minimum atomic E-state index is -0.423. The second kappa shape index (κ2) is 3.49. The number of benzene rings is 1. The minimum Gasteiger partial charge on any atom is -0.395 e. The summed E-state index contributed by atoms with van der Waals surface area (Å²) >= 11 is 0. The van der Waals surface area contributed by atoms with Gasteiger partial charge in [-0.1, -0.05) is 24.3 Å². The maximum atomic E-state index is 11.1. The van der Waals surface area contributed by atoms with Crippen molar-refractivity contribution in [3.63, 3.8) is 0 Å². The van der Waals surface area contributed by atoms with E-state index in [1.54, 1.807) is 0 Å².